The number of nitrogens with two attached hydrogens (primary N) is 1. The van der Waals surface area contributed by atoms with Crippen LogP contribution in [0.25, 0.3) is 0 Å². The van der Waals surface area contributed by atoms with E-state index in [1.807, 2.05) is 20.8 Å². The highest BCUT2D eigenvalue weighted by Crippen LogP contribution is 2.49. The standard InChI is InChI=1S/C12H25N3O4S/c1-5-19-9-8-12(13,11(9,2)3)10(16)14-6-7-15-20(4,17)18/h9,15H,5-8,13H2,1-4H3,(H,14,16). The Bertz CT molecular complexity index is 463. The first-order chi connectivity index (χ1) is 9.04. The van der Waals surface area contributed by atoms with Crippen LogP contribution in [0.5, 0.6) is 0 Å². The largest absolute Gasteiger partial charge is 0.378 e. The summed E-state index contributed by atoms with van der Waals surface area (Å²) >= 11 is 0. The number of hydrogen-bond donors (Lipinski definition) is 3. The smallest absolute Gasteiger partial charge is 0.240 e. The number of amides is 1. The number of carbonyl (C=O) groups is 1. The molecule has 0 saturated heterocycles. The van der Waals surface area contributed by atoms with E-state index in [4.69, 9.17) is 10.5 Å². The van der Waals surface area contributed by atoms with Gasteiger partial charge in [-0.1, -0.05) is 13.8 Å². The molecule has 0 bridgehead atoms. The van der Waals surface area contributed by atoms with Gasteiger partial charge in [-0.25, -0.2) is 13.1 Å². The summed E-state index contributed by atoms with van der Waals surface area (Å²) in [5, 5.41) is 2.67. The van der Waals surface area contributed by atoms with Gasteiger partial charge in [-0.05, 0) is 6.92 Å². The summed E-state index contributed by atoms with van der Waals surface area (Å²) in [6.45, 7) is 6.67. The third kappa shape index (κ3) is 3.49. The van der Waals surface area contributed by atoms with E-state index < -0.39 is 21.0 Å². The molecule has 8 heteroatoms. The van der Waals surface area contributed by atoms with E-state index in [0.29, 0.717) is 13.0 Å². The predicted molar refractivity (Wildman–Crippen MR) is 76.6 cm³/mol. The molecule has 0 radical (unpaired) electrons. The second-order valence-electron chi connectivity index (χ2n) is 5.76. The predicted octanol–water partition coefficient (Wildman–Crippen LogP) is -0.816. The number of hydrogen-bond acceptors (Lipinski definition) is 5. The summed E-state index contributed by atoms with van der Waals surface area (Å²) in [5.41, 5.74) is 4.76. The second-order valence-corrected chi connectivity index (χ2v) is 7.60. The van der Waals surface area contributed by atoms with Crippen LogP contribution in [0.4, 0.5) is 0 Å². The van der Waals surface area contributed by atoms with E-state index in [1.165, 1.54) is 0 Å². The molecule has 1 rings (SSSR count). The van der Waals surface area contributed by atoms with Crippen LogP contribution < -0.4 is 15.8 Å². The molecule has 20 heavy (non-hydrogen) atoms. The zero-order valence-corrected chi connectivity index (χ0v) is 13.3. The second kappa shape index (κ2) is 5.97. The number of nitrogens with one attached hydrogen (secondary N) is 2. The minimum absolute atomic E-state index is 0.0302. The van der Waals surface area contributed by atoms with Crippen molar-refractivity contribution in [3.63, 3.8) is 0 Å². The van der Waals surface area contributed by atoms with Gasteiger partial charge in [-0.15, -0.1) is 0 Å². The summed E-state index contributed by atoms with van der Waals surface area (Å²) < 4.78 is 29.7. The minimum atomic E-state index is -3.24. The first kappa shape index (κ1) is 17.4. The van der Waals surface area contributed by atoms with Crippen molar-refractivity contribution < 1.29 is 17.9 Å². The van der Waals surface area contributed by atoms with E-state index in [0.717, 1.165) is 6.26 Å². The lowest BCUT2D eigenvalue weighted by Crippen LogP contribution is -2.75. The number of rotatable bonds is 7. The summed E-state index contributed by atoms with van der Waals surface area (Å²) in [5.74, 6) is -0.270. The van der Waals surface area contributed by atoms with Gasteiger partial charge >= 0.3 is 0 Å². The molecule has 1 fully saturated rings. The van der Waals surface area contributed by atoms with Crippen LogP contribution in [-0.2, 0) is 19.6 Å². The molecule has 0 spiro atoms. The van der Waals surface area contributed by atoms with Crippen molar-refractivity contribution >= 4 is 15.9 Å². The van der Waals surface area contributed by atoms with Gasteiger partial charge in [0, 0.05) is 31.5 Å². The molecule has 0 aromatic heterocycles. The zero-order chi connectivity index (χ0) is 15.6. The number of carbonyl (C=O) groups excluding carboxylic acids is 1. The Morgan fingerprint density at radius 2 is 2.00 bits per heavy atom. The molecular formula is C12H25N3O4S. The molecule has 0 heterocycles. The van der Waals surface area contributed by atoms with Gasteiger partial charge < -0.3 is 15.8 Å². The fraction of sp³-hybridized carbons (Fsp3) is 0.917. The molecule has 0 aromatic carbocycles. The average Bonchev–Trinajstić information content (AvgIpc) is 2.32. The van der Waals surface area contributed by atoms with Crippen molar-refractivity contribution in [1.29, 1.82) is 0 Å². The van der Waals surface area contributed by atoms with Crippen molar-refractivity contribution in [3.05, 3.63) is 0 Å². The third-order valence-corrected chi connectivity index (χ3v) is 4.74. The maximum Gasteiger partial charge on any atom is 0.240 e. The van der Waals surface area contributed by atoms with Gasteiger partial charge in [0.15, 0.2) is 0 Å². The van der Waals surface area contributed by atoms with Crippen LogP contribution in [0, 0.1) is 5.41 Å². The highest BCUT2D eigenvalue weighted by Gasteiger charge is 2.62. The summed E-state index contributed by atoms with van der Waals surface area (Å²) in [6.07, 6.45) is 1.51. The van der Waals surface area contributed by atoms with Crippen LogP contribution in [0.2, 0.25) is 0 Å². The van der Waals surface area contributed by atoms with Crippen LogP contribution in [0.3, 0.4) is 0 Å². The molecule has 4 N–H and O–H groups in total. The fourth-order valence-corrected chi connectivity index (χ4v) is 2.86. The minimum Gasteiger partial charge on any atom is -0.378 e. The van der Waals surface area contributed by atoms with Gasteiger partial charge in [0.1, 0.15) is 5.54 Å². The number of sulfonamides is 1. The molecule has 7 nitrogen and oxygen atoms in total. The van der Waals surface area contributed by atoms with Crippen LogP contribution in [0.1, 0.15) is 27.2 Å². The maximum absolute atomic E-state index is 12.2. The lowest BCUT2D eigenvalue weighted by atomic mass is 9.54. The van der Waals surface area contributed by atoms with E-state index in [2.05, 4.69) is 10.0 Å². The molecule has 1 aliphatic rings. The van der Waals surface area contributed by atoms with Gasteiger partial charge in [-0.3, -0.25) is 4.79 Å². The van der Waals surface area contributed by atoms with Crippen molar-refractivity contribution in [3.8, 4) is 0 Å². The maximum atomic E-state index is 12.2. The molecule has 0 aliphatic heterocycles. The average molecular weight is 307 g/mol. The normalized spacial score (nSPS) is 28.8. The summed E-state index contributed by atoms with van der Waals surface area (Å²) in [7, 11) is -3.24. The Labute approximate surface area is 120 Å². The van der Waals surface area contributed by atoms with Gasteiger partial charge in [0.25, 0.3) is 0 Å². The van der Waals surface area contributed by atoms with Crippen LogP contribution in [0.15, 0.2) is 0 Å². The zero-order valence-electron chi connectivity index (χ0n) is 12.5. The molecule has 2 atom stereocenters. The fourth-order valence-electron chi connectivity index (χ4n) is 2.39. The highest BCUT2D eigenvalue weighted by atomic mass is 32.2. The Balaban J connectivity index is 2.48. The SMILES string of the molecule is CCOC1CC(N)(C(=O)NCCNS(C)(=O)=O)C1(C)C. The van der Waals surface area contributed by atoms with Crippen LogP contribution >= 0.6 is 0 Å². The van der Waals surface area contributed by atoms with E-state index in [-0.39, 0.29) is 25.1 Å². The highest BCUT2D eigenvalue weighted by molar-refractivity contribution is 7.88. The van der Waals surface area contributed by atoms with E-state index in [1.54, 1.807) is 0 Å². The molecule has 1 saturated carbocycles. The molecule has 0 aromatic rings. The molecule has 1 amide bonds. The number of ether oxygens (including phenoxy) is 1. The lowest BCUT2D eigenvalue weighted by molar-refractivity contribution is -0.170. The third-order valence-electron chi connectivity index (χ3n) is 4.01. The Kier molecular flexibility index (Phi) is 5.18. The van der Waals surface area contributed by atoms with Crippen molar-refractivity contribution in [1.82, 2.24) is 10.0 Å². The van der Waals surface area contributed by atoms with Crippen LogP contribution in [-0.4, -0.2) is 51.9 Å². The quantitative estimate of drug-likeness (QED) is 0.533. The van der Waals surface area contributed by atoms with Crippen molar-refractivity contribution in [2.45, 2.75) is 38.8 Å². The Morgan fingerprint density at radius 1 is 1.40 bits per heavy atom. The lowest BCUT2D eigenvalue weighted by Gasteiger charge is -2.57. The van der Waals surface area contributed by atoms with Gasteiger partial charge in [0.2, 0.25) is 15.9 Å². The molecule has 118 valence electrons. The first-order valence-electron chi connectivity index (χ1n) is 6.68. The molecule has 2 unspecified atom stereocenters. The van der Waals surface area contributed by atoms with Gasteiger partial charge in [0.05, 0.1) is 12.4 Å². The van der Waals surface area contributed by atoms with E-state index >= 15 is 0 Å². The van der Waals surface area contributed by atoms with Gasteiger partial charge in [-0.2, -0.15) is 0 Å². The first-order valence-corrected chi connectivity index (χ1v) is 8.57. The molecule has 1 aliphatic carbocycles. The van der Waals surface area contributed by atoms with Crippen molar-refractivity contribution in [2.24, 2.45) is 11.1 Å². The summed E-state index contributed by atoms with van der Waals surface area (Å²) in [4.78, 5) is 12.2. The Morgan fingerprint density at radius 3 is 2.45 bits per heavy atom. The Hall–Kier alpha value is -0.700. The van der Waals surface area contributed by atoms with Crippen molar-refractivity contribution in [2.75, 3.05) is 26.0 Å². The summed E-state index contributed by atoms with van der Waals surface area (Å²) in [6, 6.07) is 0. The topological polar surface area (TPSA) is 111 Å². The monoisotopic (exact) mass is 307 g/mol. The molecular weight excluding hydrogens is 282 g/mol. The van der Waals surface area contributed by atoms with E-state index in [9.17, 15) is 13.2 Å².